The molecule has 1 aliphatic heterocycles. The van der Waals surface area contributed by atoms with Crippen molar-refractivity contribution in [2.45, 2.75) is 37.9 Å². The maximum Gasteiger partial charge on any atom is 0.266 e. The Balaban J connectivity index is 2.55. The van der Waals surface area contributed by atoms with Gasteiger partial charge in [0.2, 0.25) is 0 Å². The molecule has 4 nitrogen and oxygen atoms in total. The van der Waals surface area contributed by atoms with Crippen LogP contribution in [0.2, 0.25) is 0 Å². The van der Waals surface area contributed by atoms with Gasteiger partial charge in [0.25, 0.3) is 7.52 Å². The van der Waals surface area contributed by atoms with Crippen LogP contribution in [0.3, 0.4) is 0 Å². The smallest absolute Gasteiger partial charge is 0.266 e. The maximum absolute atomic E-state index is 11.7. The highest BCUT2D eigenvalue weighted by atomic mass is 31.2. The van der Waals surface area contributed by atoms with Crippen molar-refractivity contribution in [3.63, 3.8) is 0 Å². The molecule has 1 heterocycles. The molecule has 2 radical (unpaired) electrons. The van der Waals surface area contributed by atoms with Crippen molar-refractivity contribution in [1.82, 2.24) is 5.09 Å². The van der Waals surface area contributed by atoms with Gasteiger partial charge in [0.1, 0.15) is 7.85 Å². The van der Waals surface area contributed by atoms with Gasteiger partial charge in [0.05, 0.1) is 6.10 Å². The van der Waals surface area contributed by atoms with E-state index in [4.69, 9.17) is 17.1 Å². The first-order chi connectivity index (χ1) is 6.48. The standard InChI is InChI=1S/C8H17BNO3P/c1-4-7-6(5-8(9)13-7)10-14(3,11)12-2/h6-8H,4-5H2,1-3H3,(H,10,11)/t6-,7-,8?,14?/m1/s1. The Morgan fingerprint density at radius 3 is 2.86 bits per heavy atom. The van der Waals surface area contributed by atoms with Crippen LogP contribution in [0.5, 0.6) is 0 Å². The van der Waals surface area contributed by atoms with Crippen molar-refractivity contribution in [2.24, 2.45) is 0 Å². The molecular formula is C8H17BNO3P. The normalized spacial score (nSPS) is 36.9. The van der Waals surface area contributed by atoms with Crippen molar-refractivity contribution in [2.75, 3.05) is 13.8 Å². The van der Waals surface area contributed by atoms with E-state index in [2.05, 4.69) is 5.09 Å². The van der Waals surface area contributed by atoms with E-state index in [1.165, 1.54) is 7.11 Å². The van der Waals surface area contributed by atoms with E-state index in [1.54, 1.807) is 6.66 Å². The van der Waals surface area contributed by atoms with Crippen LogP contribution in [-0.2, 0) is 13.8 Å². The minimum Gasteiger partial charge on any atom is -0.383 e. The Kier molecular flexibility index (Phi) is 4.20. The van der Waals surface area contributed by atoms with Gasteiger partial charge in [0.15, 0.2) is 0 Å². The molecule has 1 saturated heterocycles. The second kappa shape index (κ2) is 4.80. The van der Waals surface area contributed by atoms with Crippen LogP contribution < -0.4 is 5.09 Å². The first-order valence-corrected chi connectivity index (χ1v) is 6.87. The Hall–Kier alpha value is 0.175. The fourth-order valence-corrected chi connectivity index (χ4v) is 2.63. The van der Waals surface area contributed by atoms with Gasteiger partial charge in [-0.05, 0) is 12.8 Å². The Morgan fingerprint density at radius 2 is 2.36 bits per heavy atom. The Labute approximate surface area is 86.6 Å². The number of hydrogen-bond acceptors (Lipinski definition) is 3. The second-order valence-corrected chi connectivity index (χ2v) is 5.94. The van der Waals surface area contributed by atoms with Gasteiger partial charge in [-0.2, -0.15) is 0 Å². The van der Waals surface area contributed by atoms with E-state index < -0.39 is 7.52 Å². The summed E-state index contributed by atoms with van der Waals surface area (Å²) in [6.07, 6.45) is 1.57. The lowest BCUT2D eigenvalue weighted by atomic mass is 9.95. The summed E-state index contributed by atoms with van der Waals surface area (Å²) in [5.41, 5.74) is 0. The van der Waals surface area contributed by atoms with Crippen molar-refractivity contribution >= 4 is 15.4 Å². The first-order valence-electron chi connectivity index (χ1n) is 4.80. The molecule has 0 bridgehead atoms. The SMILES string of the molecule is [B]C1C[C@@H](NP(C)(=O)OC)[C@@H](CC)O1. The van der Waals surface area contributed by atoms with Crippen molar-refractivity contribution in [3.8, 4) is 0 Å². The Morgan fingerprint density at radius 1 is 1.71 bits per heavy atom. The van der Waals surface area contributed by atoms with Crippen LogP contribution in [0.25, 0.3) is 0 Å². The zero-order chi connectivity index (χ0) is 10.8. The van der Waals surface area contributed by atoms with E-state index in [-0.39, 0.29) is 18.1 Å². The summed E-state index contributed by atoms with van der Waals surface area (Å²) in [5.74, 6) is 0. The fraction of sp³-hybridized carbons (Fsp3) is 1.00. The van der Waals surface area contributed by atoms with Gasteiger partial charge in [-0.25, -0.2) is 5.09 Å². The summed E-state index contributed by atoms with van der Waals surface area (Å²) < 4.78 is 22.0. The minimum absolute atomic E-state index is 0.0331. The molecule has 14 heavy (non-hydrogen) atoms. The van der Waals surface area contributed by atoms with Crippen LogP contribution in [0.4, 0.5) is 0 Å². The van der Waals surface area contributed by atoms with Crippen LogP contribution in [0.1, 0.15) is 19.8 Å². The molecule has 0 spiro atoms. The lowest BCUT2D eigenvalue weighted by Crippen LogP contribution is -2.34. The zero-order valence-corrected chi connectivity index (χ0v) is 9.79. The molecule has 1 aliphatic rings. The van der Waals surface area contributed by atoms with Gasteiger partial charge < -0.3 is 9.26 Å². The molecule has 0 aromatic rings. The molecule has 0 aromatic carbocycles. The summed E-state index contributed by atoms with van der Waals surface area (Å²) in [5, 5.41) is 2.96. The highest BCUT2D eigenvalue weighted by Crippen LogP contribution is 2.39. The molecule has 1 fully saturated rings. The van der Waals surface area contributed by atoms with Gasteiger partial charge in [0, 0.05) is 25.8 Å². The van der Waals surface area contributed by atoms with Crippen LogP contribution in [-0.4, -0.2) is 39.8 Å². The molecule has 0 saturated carbocycles. The van der Waals surface area contributed by atoms with Crippen LogP contribution in [0, 0.1) is 0 Å². The lowest BCUT2D eigenvalue weighted by molar-refractivity contribution is 0.0778. The highest BCUT2D eigenvalue weighted by molar-refractivity contribution is 7.56. The molecule has 6 heteroatoms. The second-order valence-electron chi connectivity index (χ2n) is 3.62. The van der Waals surface area contributed by atoms with Crippen molar-refractivity contribution < 1.29 is 13.8 Å². The number of nitrogens with one attached hydrogen (secondary N) is 1. The van der Waals surface area contributed by atoms with Crippen molar-refractivity contribution in [1.29, 1.82) is 0 Å². The van der Waals surface area contributed by atoms with E-state index in [9.17, 15) is 4.57 Å². The molecule has 0 amide bonds. The van der Waals surface area contributed by atoms with Gasteiger partial charge in [-0.15, -0.1) is 0 Å². The summed E-state index contributed by atoms with van der Waals surface area (Å²) in [6, 6.07) is -0.222. The minimum atomic E-state index is -2.69. The van der Waals surface area contributed by atoms with E-state index >= 15 is 0 Å². The predicted octanol–water partition coefficient (Wildman–Crippen LogP) is 1.11. The van der Waals surface area contributed by atoms with Gasteiger partial charge in [-0.3, -0.25) is 4.57 Å². The van der Waals surface area contributed by atoms with Gasteiger partial charge in [-0.1, -0.05) is 6.92 Å². The largest absolute Gasteiger partial charge is 0.383 e. The molecule has 0 aromatic heterocycles. The average Bonchev–Trinajstić information content (AvgIpc) is 2.45. The zero-order valence-electron chi connectivity index (χ0n) is 8.90. The van der Waals surface area contributed by atoms with Crippen LogP contribution >= 0.6 is 7.52 Å². The topological polar surface area (TPSA) is 47.6 Å². The number of rotatable bonds is 4. The molecule has 80 valence electrons. The fourth-order valence-electron chi connectivity index (χ4n) is 1.65. The van der Waals surface area contributed by atoms with E-state index in [1.807, 2.05) is 6.92 Å². The third-order valence-corrected chi connectivity index (χ3v) is 3.93. The first kappa shape index (κ1) is 12.2. The summed E-state index contributed by atoms with van der Waals surface area (Å²) in [6.45, 7) is 3.58. The third kappa shape index (κ3) is 3.09. The lowest BCUT2D eigenvalue weighted by Gasteiger charge is -2.21. The quantitative estimate of drug-likeness (QED) is 0.565. The highest BCUT2D eigenvalue weighted by Gasteiger charge is 2.34. The Bertz CT molecular complexity index is 239. The molecule has 2 unspecified atom stereocenters. The molecule has 0 aliphatic carbocycles. The predicted molar refractivity (Wildman–Crippen MR) is 56.8 cm³/mol. The average molecular weight is 217 g/mol. The third-order valence-electron chi connectivity index (χ3n) is 2.44. The molecule has 4 atom stereocenters. The van der Waals surface area contributed by atoms with Crippen molar-refractivity contribution in [3.05, 3.63) is 0 Å². The summed E-state index contributed by atoms with van der Waals surface area (Å²) in [4.78, 5) is 0. The monoisotopic (exact) mass is 217 g/mol. The van der Waals surface area contributed by atoms with E-state index in [0.717, 1.165) is 6.42 Å². The summed E-state index contributed by atoms with van der Waals surface area (Å²) >= 11 is 0. The van der Waals surface area contributed by atoms with E-state index in [0.29, 0.717) is 6.42 Å². The van der Waals surface area contributed by atoms with Crippen LogP contribution in [0.15, 0.2) is 0 Å². The number of hydrogen-bond donors (Lipinski definition) is 1. The summed E-state index contributed by atoms with van der Waals surface area (Å²) in [7, 11) is 4.41. The maximum atomic E-state index is 11.7. The molecule has 1 N–H and O–H groups in total. The van der Waals surface area contributed by atoms with Gasteiger partial charge >= 0.3 is 0 Å². The number of ether oxygens (including phenoxy) is 1. The molecular weight excluding hydrogens is 200 g/mol. The molecule has 1 rings (SSSR count).